The van der Waals surface area contributed by atoms with E-state index >= 15 is 0 Å². The van der Waals surface area contributed by atoms with Crippen LogP contribution in [-0.4, -0.2) is 63.9 Å². The van der Waals surface area contributed by atoms with E-state index in [4.69, 9.17) is 25.5 Å². The van der Waals surface area contributed by atoms with Crippen molar-refractivity contribution in [3.8, 4) is 5.75 Å². The lowest BCUT2D eigenvalue weighted by Crippen LogP contribution is -2.59. The molecule has 9 nitrogen and oxygen atoms in total. The summed E-state index contributed by atoms with van der Waals surface area (Å²) in [6, 6.07) is 6.55. The summed E-state index contributed by atoms with van der Waals surface area (Å²) in [5, 5.41) is 13.9. The average molecular weight is 475 g/mol. The Morgan fingerprint density at radius 2 is 2.21 bits per heavy atom. The minimum absolute atomic E-state index is 0.238. The summed E-state index contributed by atoms with van der Waals surface area (Å²) in [6.45, 7) is 6.45. The smallest absolute Gasteiger partial charge is 0.296 e. The van der Waals surface area contributed by atoms with Gasteiger partial charge in [-0.1, -0.05) is 11.6 Å². The van der Waals surface area contributed by atoms with Gasteiger partial charge in [0.1, 0.15) is 5.52 Å². The van der Waals surface area contributed by atoms with Crippen LogP contribution in [0.25, 0.3) is 11.1 Å². The van der Waals surface area contributed by atoms with Gasteiger partial charge in [-0.3, -0.25) is 9.78 Å². The van der Waals surface area contributed by atoms with Crippen LogP contribution in [0.4, 0.5) is 6.01 Å². The number of morpholine rings is 1. The van der Waals surface area contributed by atoms with Gasteiger partial charge in [-0.25, -0.2) is 0 Å². The van der Waals surface area contributed by atoms with Gasteiger partial charge in [0.05, 0.1) is 43.7 Å². The number of aromatic nitrogens is 2. The zero-order chi connectivity index (χ0) is 23.8. The van der Waals surface area contributed by atoms with Gasteiger partial charge in [0.25, 0.3) is 11.9 Å². The second-order valence-electron chi connectivity index (χ2n) is 8.68. The molecule has 1 amide bonds. The number of benzene rings is 1. The minimum Gasteiger partial charge on any atom is -0.493 e. The molecule has 1 fully saturated rings. The minimum atomic E-state index is -0.737. The van der Waals surface area contributed by atoms with E-state index in [1.165, 1.54) is 7.11 Å². The van der Waals surface area contributed by atoms with Crippen molar-refractivity contribution in [2.75, 3.05) is 25.6 Å². The highest BCUT2D eigenvalue weighted by molar-refractivity contribution is 6.30. The number of nitrogens with zero attached hydrogens (tertiary/aromatic N) is 3. The highest BCUT2D eigenvalue weighted by atomic mass is 35.5. The van der Waals surface area contributed by atoms with Crippen LogP contribution in [0, 0.1) is 0 Å². The molecule has 1 aliphatic heterocycles. The first kappa shape index (κ1) is 23.3. The van der Waals surface area contributed by atoms with Gasteiger partial charge in [0, 0.05) is 23.3 Å². The first-order valence-electron chi connectivity index (χ1n) is 10.6. The Balaban J connectivity index is 1.62. The normalized spacial score (nSPS) is 18.8. The van der Waals surface area contributed by atoms with Gasteiger partial charge >= 0.3 is 0 Å². The van der Waals surface area contributed by atoms with E-state index < -0.39 is 17.7 Å². The van der Waals surface area contributed by atoms with E-state index in [2.05, 4.69) is 15.3 Å². The number of hydrogen-bond donors (Lipinski definition) is 2. The molecule has 2 aromatic heterocycles. The van der Waals surface area contributed by atoms with Crippen LogP contribution in [0.15, 0.2) is 34.9 Å². The van der Waals surface area contributed by atoms with Crippen LogP contribution in [0.1, 0.15) is 36.8 Å². The van der Waals surface area contributed by atoms with Crippen molar-refractivity contribution in [2.45, 2.75) is 45.1 Å². The lowest BCUT2D eigenvalue weighted by Gasteiger charge is -2.44. The van der Waals surface area contributed by atoms with Crippen molar-refractivity contribution in [3.05, 3.63) is 46.7 Å². The number of anilines is 1. The number of aliphatic hydroxyl groups excluding tert-OH is 1. The summed E-state index contributed by atoms with van der Waals surface area (Å²) in [4.78, 5) is 23.8. The number of rotatable bonds is 6. The van der Waals surface area contributed by atoms with Crippen LogP contribution in [-0.2, 0) is 11.3 Å². The molecule has 33 heavy (non-hydrogen) atoms. The van der Waals surface area contributed by atoms with Gasteiger partial charge in [0.2, 0.25) is 0 Å². The number of hydrogen-bond acceptors (Lipinski definition) is 8. The fourth-order valence-corrected chi connectivity index (χ4v) is 4.01. The zero-order valence-corrected chi connectivity index (χ0v) is 19.7. The third-order valence-corrected chi connectivity index (χ3v) is 5.77. The number of oxazole rings is 1. The molecular formula is C23H27ClN4O5. The molecule has 2 N–H and O–H groups in total. The van der Waals surface area contributed by atoms with Crippen LogP contribution < -0.4 is 10.1 Å². The van der Waals surface area contributed by atoms with Crippen LogP contribution in [0.5, 0.6) is 5.75 Å². The monoisotopic (exact) mass is 474 g/mol. The maximum absolute atomic E-state index is 13.5. The second-order valence-corrected chi connectivity index (χ2v) is 9.11. The van der Waals surface area contributed by atoms with E-state index in [1.54, 1.807) is 42.3 Å². The first-order chi connectivity index (χ1) is 15.7. The highest BCUT2D eigenvalue weighted by Gasteiger charge is 2.39. The molecule has 0 aliphatic carbocycles. The first-order valence-corrected chi connectivity index (χ1v) is 11.0. The van der Waals surface area contributed by atoms with E-state index in [-0.39, 0.29) is 18.5 Å². The summed E-state index contributed by atoms with van der Waals surface area (Å²) in [7, 11) is 1.50. The van der Waals surface area contributed by atoms with E-state index in [1.807, 2.05) is 13.8 Å². The Labute approximate surface area is 196 Å². The quantitative estimate of drug-likeness (QED) is 0.558. The predicted molar refractivity (Wildman–Crippen MR) is 124 cm³/mol. The summed E-state index contributed by atoms with van der Waals surface area (Å²) in [5.74, 6) is 0.150. The number of halogens is 1. The zero-order valence-electron chi connectivity index (χ0n) is 19.0. The molecule has 2 unspecified atom stereocenters. The number of ether oxygens (including phenoxy) is 2. The summed E-state index contributed by atoms with van der Waals surface area (Å²) in [6.07, 6.45) is 0.887. The molecule has 4 rings (SSSR count). The molecule has 1 saturated heterocycles. The molecule has 0 spiro atoms. The van der Waals surface area contributed by atoms with Gasteiger partial charge in [-0.05, 0) is 45.0 Å². The number of nitrogens with one attached hydrogen (secondary N) is 1. The van der Waals surface area contributed by atoms with Crippen molar-refractivity contribution >= 4 is 34.6 Å². The third kappa shape index (κ3) is 5.05. The Kier molecular flexibility index (Phi) is 6.47. The molecule has 10 heteroatoms. The number of carbonyl (C=O) groups is 1. The SMILES string of the molecule is COc1cc(C(=O)N2CC(C)(C)OCC2C(C)O)cc2nc(NCc3cc(Cl)ccn3)oc12. The highest BCUT2D eigenvalue weighted by Crippen LogP contribution is 2.32. The molecule has 2 atom stereocenters. The fourth-order valence-electron chi connectivity index (χ4n) is 3.83. The molecule has 1 aliphatic rings. The summed E-state index contributed by atoms with van der Waals surface area (Å²) < 4.78 is 17.1. The number of methoxy groups -OCH3 is 1. The van der Waals surface area contributed by atoms with Gasteiger partial charge in [-0.2, -0.15) is 4.98 Å². The number of aliphatic hydroxyl groups is 1. The van der Waals surface area contributed by atoms with Crippen LogP contribution in [0.2, 0.25) is 5.02 Å². The second kappa shape index (κ2) is 9.17. The average Bonchev–Trinajstić information content (AvgIpc) is 3.18. The Morgan fingerprint density at radius 1 is 1.42 bits per heavy atom. The number of amides is 1. The number of fused-ring (bicyclic) bond motifs is 1. The van der Waals surface area contributed by atoms with Crippen molar-refractivity contribution in [2.24, 2.45) is 0 Å². The lowest BCUT2D eigenvalue weighted by atomic mass is 10.00. The van der Waals surface area contributed by atoms with Crippen molar-refractivity contribution in [1.29, 1.82) is 0 Å². The Morgan fingerprint density at radius 3 is 2.91 bits per heavy atom. The van der Waals surface area contributed by atoms with E-state index in [0.29, 0.717) is 40.5 Å². The molecule has 176 valence electrons. The molecule has 3 heterocycles. The number of pyridine rings is 1. The van der Waals surface area contributed by atoms with E-state index in [9.17, 15) is 9.90 Å². The van der Waals surface area contributed by atoms with Gasteiger partial charge in [-0.15, -0.1) is 0 Å². The van der Waals surface area contributed by atoms with E-state index in [0.717, 1.165) is 5.69 Å². The maximum Gasteiger partial charge on any atom is 0.296 e. The molecule has 3 aromatic rings. The Hall–Kier alpha value is -2.88. The summed E-state index contributed by atoms with van der Waals surface area (Å²) >= 11 is 6.01. The Bertz CT molecular complexity index is 1160. The molecule has 0 saturated carbocycles. The van der Waals surface area contributed by atoms with Gasteiger partial charge in [0.15, 0.2) is 11.3 Å². The van der Waals surface area contributed by atoms with Crippen LogP contribution in [0.3, 0.4) is 0 Å². The topological polar surface area (TPSA) is 110 Å². The molecule has 0 bridgehead atoms. The fraction of sp³-hybridized carbons (Fsp3) is 0.435. The standard InChI is InChI=1S/C23H27ClN4O5/c1-13(29)18-11-32-23(2,3)12-28(18)21(30)14-7-17-20(19(8-14)31-4)33-22(27-17)26-10-16-9-15(24)5-6-25-16/h5-9,13,18,29H,10-12H2,1-4H3,(H,26,27). The van der Waals surface area contributed by atoms with Crippen LogP contribution >= 0.6 is 11.6 Å². The summed E-state index contributed by atoms with van der Waals surface area (Å²) in [5.41, 5.74) is 1.49. The third-order valence-electron chi connectivity index (χ3n) is 5.54. The molecular weight excluding hydrogens is 448 g/mol. The maximum atomic E-state index is 13.5. The predicted octanol–water partition coefficient (Wildman–Crippen LogP) is 3.50. The molecule has 1 aromatic carbocycles. The lowest BCUT2D eigenvalue weighted by molar-refractivity contribution is -0.123. The largest absolute Gasteiger partial charge is 0.493 e. The van der Waals surface area contributed by atoms with Gasteiger partial charge < -0.3 is 29.2 Å². The number of carbonyl (C=O) groups excluding carboxylic acids is 1. The van der Waals surface area contributed by atoms with Crippen molar-refractivity contribution < 1.29 is 23.8 Å². The van der Waals surface area contributed by atoms with Crippen molar-refractivity contribution in [3.63, 3.8) is 0 Å². The molecule has 0 radical (unpaired) electrons. The van der Waals surface area contributed by atoms with Crippen molar-refractivity contribution in [1.82, 2.24) is 14.9 Å².